The number of fused-ring (bicyclic) bond motifs is 1. The summed E-state index contributed by atoms with van der Waals surface area (Å²) in [5.74, 6) is 0.967. The van der Waals surface area contributed by atoms with Gasteiger partial charge in [-0.05, 0) is 40.7 Å². The first-order chi connectivity index (χ1) is 13.0. The van der Waals surface area contributed by atoms with Crippen molar-refractivity contribution >= 4 is 39.2 Å². The maximum atomic E-state index is 10.9. The molecule has 2 aromatic carbocycles. The fraction of sp³-hybridized carbons (Fsp3) is 0.409. The van der Waals surface area contributed by atoms with E-state index in [4.69, 9.17) is 12.2 Å². The normalized spacial score (nSPS) is 12.5. The predicted octanol–water partition coefficient (Wildman–Crippen LogP) is 5.80. The summed E-state index contributed by atoms with van der Waals surface area (Å²) in [5, 5.41) is 19.3. The van der Waals surface area contributed by atoms with Crippen LogP contribution in [0.2, 0.25) is 0 Å². The molecule has 0 unspecified atom stereocenters. The van der Waals surface area contributed by atoms with E-state index in [1.165, 1.54) is 0 Å². The molecule has 1 N–H and O–H groups in total. The summed E-state index contributed by atoms with van der Waals surface area (Å²) in [4.78, 5) is 0. The Labute approximate surface area is 176 Å². The second-order valence-electron chi connectivity index (χ2n) is 9.06. The van der Waals surface area contributed by atoms with E-state index in [0.29, 0.717) is 11.6 Å². The van der Waals surface area contributed by atoms with Crippen molar-refractivity contribution in [3.63, 3.8) is 0 Å². The van der Waals surface area contributed by atoms with Gasteiger partial charge in [-0.3, -0.25) is 0 Å². The molecule has 1 aromatic heterocycles. The van der Waals surface area contributed by atoms with Crippen LogP contribution in [0.25, 0.3) is 11.0 Å². The molecule has 0 aliphatic rings. The van der Waals surface area contributed by atoms with E-state index in [1.807, 2.05) is 41.1 Å². The Balaban J connectivity index is 1.92. The van der Waals surface area contributed by atoms with Gasteiger partial charge in [-0.15, -0.1) is 5.10 Å². The van der Waals surface area contributed by atoms with Gasteiger partial charge in [0.1, 0.15) is 11.3 Å². The number of phenolic OH excluding ortho intramolecular Hbond substituents is 1. The summed E-state index contributed by atoms with van der Waals surface area (Å²) in [6.45, 7) is 12.6. The number of thiocarbonyl (C=S) groups is 1. The molecule has 0 saturated carbocycles. The third-order valence-corrected chi connectivity index (χ3v) is 6.16. The average Bonchev–Trinajstić information content (AvgIpc) is 3.01. The second-order valence-corrected chi connectivity index (χ2v) is 10.7. The summed E-state index contributed by atoms with van der Waals surface area (Å²) < 4.78 is 2.65. The first-order valence-corrected chi connectivity index (χ1v) is 10.7. The first kappa shape index (κ1) is 20.8. The minimum absolute atomic E-state index is 0.178. The van der Waals surface area contributed by atoms with E-state index in [2.05, 4.69) is 51.9 Å². The molecule has 0 aliphatic heterocycles. The third-order valence-electron chi connectivity index (χ3n) is 4.70. The number of benzene rings is 2. The molecule has 0 radical (unpaired) electrons. The largest absolute Gasteiger partial charge is 0.507 e. The van der Waals surface area contributed by atoms with Crippen LogP contribution < -0.4 is 0 Å². The number of rotatable bonds is 3. The van der Waals surface area contributed by atoms with Crippen LogP contribution >= 0.6 is 24.0 Å². The molecule has 28 heavy (non-hydrogen) atoms. The van der Waals surface area contributed by atoms with Crippen LogP contribution in [0.4, 0.5) is 0 Å². The van der Waals surface area contributed by atoms with E-state index < -0.39 is 0 Å². The van der Waals surface area contributed by atoms with Crippen molar-refractivity contribution in [3.05, 3.63) is 53.1 Å². The third kappa shape index (κ3) is 4.23. The van der Waals surface area contributed by atoms with Gasteiger partial charge in [-0.1, -0.05) is 82.9 Å². The monoisotopic (exact) mass is 413 g/mol. The molecule has 6 heteroatoms. The zero-order valence-electron chi connectivity index (χ0n) is 17.3. The number of thioether (sulfide) groups is 1. The van der Waals surface area contributed by atoms with Gasteiger partial charge >= 0.3 is 0 Å². The van der Waals surface area contributed by atoms with Crippen molar-refractivity contribution in [3.8, 4) is 5.75 Å². The van der Waals surface area contributed by atoms with Crippen LogP contribution in [0.15, 0.2) is 36.4 Å². The number of phenols is 1. The zero-order chi connectivity index (χ0) is 20.7. The second kappa shape index (κ2) is 7.48. The van der Waals surface area contributed by atoms with Crippen LogP contribution in [-0.4, -0.2) is 24.3 Å². The SMILES string of the molecule is CC(C)(C)c1cc(C(=S)SCn2nnc3ccccc32)cc(C(C)(C)C)c1O. The standard InChI is InChI=1S/C22H27N3OS2/c1-21(2,3)15-11-14(12-16(19(15)26)22(4,5)6)20(27)28-13-25-18-10-8-7-9-17(18)23-24-25/h7-12,26H,13H2,1-6H3. The van der Waals surface area contributed by atoms with Crippen molar-refractivity contribution in [2.45, 2.75) is 58.2 Å². The molecule has 3 aromatic rings. The molecule has 0 fully saturated rings. The highest BCUT2D eigenvalue weighted by Gasteiger charge is 2.27. The van der Waals surface area contributed by atoms with Gasteiger partial charge < -0.3 is 5.11 Å². The molecule has 0 spiro atoms. The Bertz CT molecular complexity index is 991. The van der Waals surface area contributed by atoms with Gasteiger partial charge in [-0.25, -0.2) is 4.68 Å². The molecule has 3 rings (SSSR count). The zero-order valence-corrected chi connectivity index (χ0v) is 18.9. The minimum Gasteiger partial charge on any atom is -0.507 e. The summed E-state index contributed by atoms with van der Waals surface area (Å²) in [6.07, 6.45) is 0. The molecule has 0 aliphatic carbocycles. The molecule has 0 atom stereocenters. The summed E-state index contributed by atoms with van der Waals surface area (Å²) in [6, 6.07) is 12.0. The number of hydrogen-bond donors (Lipinski definition) is 1. The van der Waals surface area contributed by atoms with Gasteiger partial charge in [-0.2, -0.15) is 0 Å². The van der Waals surface area contributed by atoms with Crippen LogP contribution in [0.1, 0.15) is 58.2 Å². The fourth-order valence-corrected chi connectivity index (χ4v) is 4.10. The van der Waals surface area contributed by atoms with E-state index in [0.717, 1.165) is 31.9 Å². The van der Waals surface area contributed by atoms with Crippen LogP contribution in [0.3, 0.4) is 0 Å². The first-order valence-electron chi connectivity index (χ1n) is 9.32. The number of para-hydroxylation sites is 1. The summed E-state index contributed by atoms with van der Waals surface area (Å²) >= 11 is 7.30. The van der Waals surface area contributed by atoms with E-state index >= 15 is 0 Å². The lowest BCUT2D eigenvalue weighted by atomic mass is 9.78. The number of nitrogens with zero attached hydrogens (tertiary/aromatic N) is 3. The molecule has 4 nitrogen and oxygen atoms in total. The smallest absolute Gasteiger partial charge is 0.123 e. The average molecular weight is 414 g/mol. The topological polar surface area (TPSA) is 50.9 Å². The Morgan fingerprint density at radius 1 is 1.04 bits per heavy atom. The Morgan fingerprint density at radius 3 is 2.18 bits per heavy atom. The van der Waals surface area contributed by atoms with Gasteiger partial charge in [0.25, 0.3) is 0 Å². The molecule has 0 bridgehead atoms. The lowest BCUT2D eigenvalue weighted by molar-refractivity contribution is 0.423. The van der Waals surface area contributed by atoms with E-state index in [-0.39, 0.29) is 10.8 Å². The maximum Gasteiger partial charge on any atom is 0.123 e. The molecule has 0 saturated heterocycles. The Morgan fingerprint density at radius 2 is 1.61 bits per heavy atom. The number of aromatic nitrogens is 3. The summed E-state index contributed by atoms with van der Waals surface area (Å²) in [7, 11) is 0. The van der Waals surface area contributed by atoms with Crippen LogP contribution in [0.5, 0.6) is 5.75 Å². The highest BCUT2D eigenvalue weighted by atomic mass is 32.2. The number of hydrogen-bond acceptors (Lipinski definition) is 5. The molecular formula is C22H27N3OS2. The predicted molar refractivity (Wildman–Crippen MR) is 122 cm³/mol. The number of aromatic hydroxyl groups is 1. The van der Waals surface area contributed by atoms with Gasteiger partial charge in [0, 0.05) is 11.1 Å². The van der Waals surface area contributed by atoms with Crippen molar-refractivity contribution in [2.24, 2.45) is 0 Å². The Kier molecular flexibility index (Phi) is 5.56. The van der Waals surface area contributed by atoms with Crippen molar-refractivity contribution in [1.82, 2.24) is 15.0 Å². The van der Waals surface area contributed by atoms with Crippen molar-refractivity contribution < 1.29 is 5.11 Å². The van der Waals surface area contributed by atoms with E-state index in [1.54, 1.807) is 11.8 Å². The highest BCUT2D eigenvalue weighted by molar-refractivity contribution is 8.23. The van der Waals surface area contributed by atoms with Gasteiger partial charge in [0.15, 0.2) is 0 Å². The lowest BCUT2D eigenvalue weighted by Crippen LogP contribution is -2.18. The lowest BCUT2D eigenvalue weighted by Gasteiger charge is -2.28. The molecule has 0 amide bonds. The van der Waals surface area contributed by atoms with Crippen LogP contribution in [-0.2, 0) is 16.7 Å². The Hall–Kier alpha value is -1.92. The van der Waals surface area contributed by atoms with Crippen LogP contribution in [0, 0.1) is 0 Å². The van der Waals surface area contributed by atoms with Crippen molar-refractivity contribution in [1.29, 1.82) is 0 Å². The van der Waals surface area contributed by atoms with Crippen molar-refractivity contribution in [2.75, 3.05) is 0 Å². The van der Waals surface area contributed by atoms with Gasteiger partial charge in [0.05, 0.1) is 15.6 Å². The maximum absolute atomic E-state index is 10.9. The molecule has 148 valence electrons. The van der Waals surface area contributed by atoms with Gasteiger partial charge in [0.2, 0.25) is 0 Å². The molecular weight excluding hydrogens is 386 g/mol. The van der Waals surface area contributed by atoms with E-state index in [9.17, 15) is 5.11 Å². The minimum atomic E-state index is -0.178. The fourth-order valence-electron chi connectivity index (χ4n) is 3.11. The summed E-state index contributed by atoms with van der Waals surface area (Å²) in [5.41, 5.74) is 4.33. The molecule has 1 heterocycles. The quantitative estimate of drug-likeness (QED) is 0.550. The highest BCUT2D eigenvalue weighted by Crippen LogP contribution is 2.40.